The van der Waals surface area contributed by atoms with Gasteiger partial charge in [-0.15, -0.1) is 0 Å². The van der Waals surface area contributed by atoms with E-state index in [0.717, 1.165) is 0 Å². The first kappa shape index (κ1) is 15.3. The van der Waals surface area contributed by atoms with Crippen molar-refractivity contribution in [3.05, 3.63) is 0 Å². The van der Waals surface area contributed by atoms with Crippen LogP contribution in [0.2, 0.25) is 0 Å². The topological polar surface area (TPSA) is 33.3 Å². The van der Waals surface area contributed by atoms with Gasteiger partial charge in [0, 0.05) is 30.3 Å². The van der Waals surface area contributed by atoms with E-state index >= 15 is 0 Å². The lowest BCUT2D eigenvalue weighted by Gasteiger charge is -2.48. The van der Waals surface area contributed by atoms with E-state index in [0.29, 0.717) is 18.2 Å². The first-order chi connectivity index (χ1) is 8.80. The predicted octanol–water partition coefficient (Wildman–Crippen LogP) is 2.84. The Kier molecular flexibility index (Phi) is 4.59. The maximum atomic E-state index is 5.46. The Labute approximate surface area is 118 Å². The van der Waals surface area contributed by atoms with Crippen LogP contribution >= 0.6 is 0 Å². The normalized spacial score (nSPS) is 35.2. The molecule has 0 aromatic rings. The van der Waals surface area contributed by atoms with Gasteiger partial charge < -0.3 is 15.4 Å². The zero-order chi connectivity index (χ0) is 14.1. The molecule has 2 aliphatic rings. The van der Waals surface area contributed by atoms with Gasteiger partial charge in [0.2, 0.25) is 0 Å². The smallest absolute Gasteiger partial charge is 0.0572 e. The van der Waals surface area contributed by atoms with Gasteiger partial charge in [0.25, 0.3) is 0 Å². The van der Waals surface area contributed by atoms with Crippen molar-refractivity contribution in [2.75, 3.05) is 7.11 Å². The van der Waals surface area contributed by atoms with Crippen LogP contribution < -0.4 is 10.6 Å². The number of nitrogens with one attached hydrogen (secondary N) is 2. The average molecular weight is 268 g/mol. The van der Waals surface area contributed by atoms with Crippen molar-refractivity contribution >= 4 is 0 Å². The number of hydrogen-bond donors (Lipinski definition) is 2. The fraction of sp³-hybridized carbons (Fsp3) is 1.00. The molecule has 0 aromatic heterocycles. The third kappa shape index (κ3) is 4.44. The Hall–Kier alpha value is -0.120. The predicted molar refractivity (Wildman–Crippen MR) is 80.5 cm³/mol. The molecule has 3 heteroatoms. The Balaban J connectivity index is 1.85. The summed E-state index contributed by atoms with van der Waals surface area (Å²) in [4.78, 5) is 0. The molecule has 0 amide bonds. The fourth-order valence-corrected chi connectivity index (χ4v) is 4.24. The number of rotatable bonds is 3. The average Bonchev–Trinajstić information content (AvgIpc) is 2.25. The number of methoxy groups -OCH3 is 1. The Morgan fingerprint density at radius 3 is 1.89 bits per heavy atom. The van der Waals surface area contributed by atoms with Crippen molar-refractivity contribution < 1.29 is 4.74 Å². The van der Waals surface area contributed by atoms with Crippen molar-refractivity contribution in [1.29, 1.82) is 0 Å². The van der Waals surface area contributed by atoms with Crippen molar-refractivity contribution in [1.82, 2.24) is 10.6 Å². The maximum Gasteiger partial charge on any atom is 0.0572 e. The molecule has 0 radical (unpaired) electrons. The minimum atomic E-state index is 0.239. The maximum absolute atomic E-state index is 5.46. The second kappa shape index (κ2) is 5.71. The monoisotopic (exact) mass is 268 g/mol. The van der Waals surface area contributed by atoms with Crippen LogP contribution in [0, 0.1) is 0 Å². The van der Waals surface area contributed by atoms with Gasteiger partial charge in [-0.05, 0) is 66.2 Å². The quantitative estimate of drug-likeness (QED) is 0.826. The first-order valence-corrected chi connectivity index (χ1v) is 7.88. The number of ether oxygens (including phenoxy) is 1. The zero-order valence-electron chi connectivity index (χ0n) is 13.4. The molecule has 0 atom stereocenters. The van der Waals surface area contributed by atoms with Gasteiger partial charge in [0.05, 0.1) is 6.10 Å². The molecule has 112 valence electrons. The van der Waals surface area contributed by atoms with Gasteiger partial charge >= 0.3 is 0 Å². The van der Waals surface area contributed by atoms with E-state index < -0.39 is 0 Å². The van der Waals surface area contributed by atoms with E-state index in [4.69, 9.17) is 4.74 Å². The van der Waals surface area contributed by atoms with Crippen LogP contribution in [0.4, 0.5) is 0 Å². The van der Waals surface area contributed by atoms with E-state index in [1.54, 1.807) is 0 Å². The molecular formula is C16H32N2O. The van der Waals surface area contributed by atoms with Gasteiger partial charge in [-0.25, -0.2) is 0 Å². The molecule has 0 bridgehead atoms. The second-order valence-corrected chi connectivity index (χ2v) is 7.87. The van der Waals surface area contributed by atoms with Crippen molar-refractivity contribution in [2.45, 2.75) is 95.5 Å². The molecule has 1 saturated carbocycles. The summed E-state index contributed by atoms with van der Waals surface area (Å²) in [6, 6.07) is 1.34. The largest absolute Gasteiger partial charge is 0.381 e. The SMILES string of the molecule is COC1CCC(NC2CC(C)(C)NC(C)(C)C2)CC1. The highest BCUT2D eigenvalue weighted by atomic mass is 16.5. The summed E-state index contributed by atoms with van der Waals surface area (Å²) in [5.74, 6) is 0. The summed E-state index contributed by atoms with van der Waals surface area (Å²) in [6.45, 7) is 9.30. The van der Waals surface area contributed by atoms with Crippen LogP contribution in [0.3, 0.4) is 0 Å². The number of piperidine rings is 1. The van der Waals surface area contributed by atoms with Crippen molar-refractivity contribution in [3.8, 4) is 0 Å². The molecule has 0 aromatic carbocycles. The van der Waals surface area contributed by atoms with E-state index in [1.807, 2.05) is 7.11 Å². The molecule has 2 fully saturated rings. The fourth-order valence-electron chi connectivity index (χ4n) is 4.24. The molecule has 0 unspecified atom stereocenters. The molecule has 0 spiro atoms. The van der Waals surface area contributed by atoms with Crippen molar-refractivity contribution in [3.63, 3.8) is 0 Å². The number of hydrogen-bond acceptors (Lipinski definition) is 3. The highest BCUT2D eigenvalue weighted by Crippen LogP contribution is 2.30. The summed E-state index contributed by atoms with van der Waals surface area (Å²) >= 11 is 0. The van der Waals surface area contributed by atoms with E-state index in [-0.39, 0.29) is 11.1 Å². The second-order valence-electron chi connectivity index (χ2n) is 7.87. The Morgan fingerprint density at radius 2 is 1.42 bits per heavy atom. The molecule has 19 heavy (non-hydrogen) atoms. The van der Waals surface area contributed by atoms with Crippen LogP contribution in [0.15, 0.2) is 0 Å². The van der Waals surface area contributed by atoms with Crippen LogP contribution in [-0.2, 0) is 4.74 Å². The molecule has 1 aliphatic carbocycles. The lowest BCUT2D eigenvalue weighted by atomic mass is 9.79. The summed E-state index contributed by atoms with van der Waals surface area (Å²) in [6.07, 6.45) is 7.91. The highest BCUT2D eigenvalue weighted by Gasteiger charge is 2.38. The van der Waals surface area contributed by atoms with Gasteiger partial charge in [-0.1, -0.05) is 0 Å². The van der Waals surface area contributed by atoms with Gasteiger partial charge in [0.15, 0.2) is 0 Å². The standard InChI is InChI=1S/C16H32N2O/c1-15(2)10-13(11-16(3,4)18-15)17-12-6-8-14(19-5)9-7-12/h12-14,17-18H,6-11H2,1-5H3. The lowest BCUT2D eigenvalue weighted by molar-refractivity contribution is 0.0566. The van der Waals surface area contributed by atoms with E-state index in [2.05, 4.69) is 38.3 Å². The molecule has 1 heterocycles. The molecule has 1 saturated heterocycles. The minimum absolute atomic E-state index is 0.239. The molecular weight excluding hydrogens is 236 g/mol. The highest BCUT2D eigenvalue weighted by molar-refractivity contribution is 5.00. The lowest BCUT2D eigenvalue weighted by Crippen LogP contribution is -2.62. The molecule has 1 aliphatic heterocycles. The molecule has 2 rings (SSSR count). The Bertz CT molecular complexity index is 277. The van der Waals surface area contributed by atoms with Crippen LogP contribution in [0.5, 0.6) is 0 Å². The van der Waals surface area contributed by atoms with Crippen LogP contribution in [-0.4, -0.2) is 36.4 Å². The van der Waals surface area contributed by atoms with Gasteiger partial charge in [0.1, 0.15) is 0 Å². The minimum Gasteiger partial charge on any atom is -0.381 e. The van der Waals surface area contributed by atoms with E-state index in [9.17, 15) is 0 Å². The first-order valence-electron chi connectivity index (χ1n) is 7.88. The molecule has 2 N–H and O–H groups in total. The van der Waals surface area contributed by atoms with Crippen LogP contribution in [0.25, 0.3) is 0 Å². The van der Waals surface area contributed by atoms with Gasteiger partial charge in [-0.2, -0.15) is 0 Å². The third-order valence-corrected chi connectivity index (χ3v) is 4.67. The summed E-state index contributed by atoms with van der Waals surface area (Å²) in [7, 11) is 1.84. The summed E-state index contributed by atoms with van der Waals surface area (Å²) in [5.41, 5.74) is 0.478. The van der Waals surface area contributed by atoms with Gasteiger partial charge in [-0.3, -0.25) is 0 Å². The Morgan fingerprint density at radius 1 is 0.895 bits per heavy atom. The van der Waals surface area contributed by atoms with E-state index in [1.165, 1.54) is 38.5 Å². The van der Waals surface area contributed by atoms with Crippen LogP contribution in [0.1, 0.15) is 66.2 Å². The molecule has 3 nitrogen and oxygen atoms in total. The van der Waals surface area contributed by atoms with Crippen molar-refractivity contribution in [2.24, 2.45) is 0 Å². The third-order valence-electron chi connectivity index (χ3n) is 4.67. The summed E-state index contributed by atoms with van der Waals surface area (Å²) in [5, 5.41) is 7.67. The summed E-state index contributed by atoms with van der Waals surface area (Å²) < 4.78 is 5.46. The zero-order valence-corrected chi connectivity index (χ0v) is 13.4.